The van der Waals surface area contributed by atoms with E-state index in [2.05, 4.69) is 39.9 Å². The van der Waals surface area contributed by atoms with Gasteiger partial charge in [-0.1, -0.05) is 28.9 Å². The van der Waals surface area contributed by atoms with Crippen molar-refractivity contribution in [1.82, 2.24) is 0 Å². The highest BCUT2D eigenvalue weighted by Crippen LogP contribution is 2.30. The van der Waals surface area contributed by atoms with Crippen LogP contribution < -0.4 is 4.90 Å². The Balaban J connectivity index is 2.21. The van der Waals surface area contributed by atoms with Gasteiger partial charge in [0.05, 0.1) is 6.10 Å². The topological polar surface area (TPSA) is 23.5 Å². The molecular formula is C13H18BrNO. The molecule has 16 heavy (non-hydrogen) atoms. The van der Waals surface area contributed by atoms with Gasteiger partial charge < -0.3 is 10.0 Å². The summed E-state index contributed by atoms with van der Waals surface area (Å²) >= 11 is 3.52. The second-order valence-corrected chi connectivity index (χ2v) is 5.58. The number of halogens is 1. The van der Waals surface area contributed by atoms with Crippen molar-refractivity contribution in [2.24, 2.45) is 5.92 Å². The van der Waals surface area contributed by atoms with E-state index in [0.717, 1.165) is 29.0 Å². The summed E-state index contributed by atoms with van der Waals surface area (Å²) in [6, 6.07) is 6.22. The van der Waals surface area contributed by atoms with Gasteiger partial charge in [0.1, 0.15) is 0 Å². The van der Waals surface area contributed by atoms with Crippen LogP contribution in [0, 0.1) is 5.92 Å². The minimum absolute atomic E-state index is 0.416. The monoisotopic (exact) mass is 283 g/mol. The lowest BCUT2D eigenvalue weighted by molar-refractivity contribution is 0.198. The largest absolute Gasteiger partial charge is 0.389 e. The van der Waals surface area contributed by atoms with E-state index in [9.17, 15) is 5.11 Å². The highest BCUT2D eigenvalue weighted by atomic mass is 79.9. The van der Waals surface area contributed by atoms with Crippen LogP contribution in [-0.2, 0) is 0 Å². The number of rotatable bonds is 2. The average Bonchev–Trinajstić information content (AvgIpc) is 2.64. The average molecular weight is 284 g/mol. The van der Waals surface area contributed by atoms with Gasteiger partial charge in [0.15, 0.2) is 0 Å². The normalized spacial score (nSPS) is 22.5. The number of aliphatic hydroxyl groups is 1. The molecule has 0 aliphatic carbocycles. The molecule has 1 aliphatic rings. The van der Waals surface area contributed by atoms with E-state index in [1.165, 1.54) is 12.1 Å². The molecule has 88 valence electrons. The van der Waals surface area contributed by atoms with Crippen molar-refractivity contribution >= 4 is 21.6 Å². The molecule has 1 aromatic rings. The molecule has 2 nitrogen and oxygen atoms in total. The molecule has 2 rings (SSSR count). The molecule has 0 aromatic heterocycles. The first kappa shape index (κ1) is 11.9. The summed E-state index contributed by atoms with van der Waals surface area (Å²) < 4.78 is 1.000. The minimum atomic E-state index is -0.416. The fourth-order valence-corrected chi connectivity index (χ4v) is 2.92. The lowest BCUT2D eigenvalue weighted by Gasteiger charge is -2.19. The molecule has 2 unspecified atom stereocenters. The summed E-state index contributed by atoms with van der Waals surface area (Å²) in [4.78, 5) is 2.40. The third-order valence-electron chi connectivity index (χ3n) is 3.22. The van der Waals surface area contributed by atoms with Gasteiger partial charge in [-0.3, -0.25) is 0 Å². The smallest absolute Gasteiger partial charge is 0.0772 e. The molecule has 1 fully saturated rings. The molecule has 0 radical (unpaired) electrons. The molecular weight excluding hydrogens is 266 g/mol. The number of hydrogen-bond acceptors (Lipinski definition) is 2. The third kappa shape index (κ3) is 2.41. The van der Waals surface area contributed by atoms with E-state index in [1.807, 2.05) is 6.07 Å². The van der Waals surface area contributed by atoms with E-state index in [4.69, 9.17) is 0 Å². The Morgan fingerprint density at radius 1 is 1.50 bits per heavy atom. The molecule has 0 bridgehead atoms. The molecule has 0 amide bonds. The molecule has 2 atom stereocenters. The van der Waals surface area contributed by atoms with Crippen molar-refractivity contribution in [3.63, 3.8) is 0 Å². The summed E-state index contributed by atoms with van der Waals surface area (Å²) in [5.74, 6) is 0.787. The molecule has 0 saturated carbocycles. The number of aliphatic hydroxyl groups excluding tert-OH is 1. The molecule has 1 heterocycles. The van der Waals surface area contributed by atoms with Crippen LogP contribution in [0.2, 0.25) is 0 Å². The standard InChI is InChI=1S/C13H18BrNO/c1-9-5-6-15(8-9)11-3-4-12(10(2)16)13(14)7-11/h3-4,7,9-10,16H,5-6,8H2,1-2H3. The lowest BCUT2D eigenvalue weighted by atomic mass is 10.1. The van der Waals surface area contributed by atoms with E-state index in [0.29, 0.717) is 0 Å². The van der Waals surface area contributed by atoms with E-state index in [1.54, 1.807) is 6.92 Å². The van der Waals surface area contributed by atoms with Gasteiger partial charge in [0.2, 0.25) is 0 Å². The number of anilines is 1. The van der Waals surface area contributed by atoms with Gasteiger partial charge in [-0.05, 0) is 37.0 Å². The van der Waals surface area contributed by atoms with Crippen LogP contribution in [0.3, 0.4) is 0 Å². The van der Waals surface area contributed by atoms with Crippen LogP contribution >= 0.6 is 15.9 Å². The zero-order valence-electron chi connectivity index (χ0n) is 9.78. The van der Waals surface area contributed by atoms with E-state index in [-0.39, 0.29) is 0 Å². The maximum Gasteiger partial charge on any atom is 0.0772 e. The van der Waals surface area contributed by atoms with Crippen molar-refractivity contribution in [2.45, 2.75) is 26.4 Å². The van der Waals surface area contributed by atoms with Gasteiger partial charge in [0, 0.05) is 23.2 Å². The van der Waals surface area contributed by atoms with Crippen LogP contribution in [0.5, 0.6) is 0 Å². The van der Waals surface area contributed by atoms with Crippen molar-refractivity contribution < 1.29 is 5.11 Å². The predicted molar refractivity (Wildman–Crippen MR) is 70.8 cm³/mol. The minimum Gasteiger partial charge on any atom is -0.389 e. The van der Waals surface area contributed by atoms with Crippen molar-refractivity contribution in [3.05, 3.63) is 28.2 Å². The first-order valence-electron chi connectivity index (χ1n) is 5.80. The Morgan fingerprint density at radius 2 is 2.25 bits per heavy atom. The fourth-order valence-electron chi connectivity index (χ4n) is 2.22. The highest BCUT2D eigenvalue weighted by Gasteiger charge is 2.19. The zero-order valence-corrected chi connectivity index (χ0v) is 11.4. The van der Waals surface area contributed by atoms with Crippen LogP contribution in [0.4, 0.5) is 5.69 Å². The van der Waals surface area contributed by atoms with Crippen LogP contribution in [0.15, 0.2) is 22.7 Å². The Hall–Kier alpha value is -0.540. The summed E-state index contributed by atoms with van der Waals surface area (Å²) in [6.45, 7) is 6.36. The van der Waals surface area contributed by atoms with Crippen LogP contribution in [0.1, 0.15) is 31.9 Å². The highest BCUT2D eigenvalue weighted by molar-refractivity contribution is 9.10. The summed E-state index contributed by atoms with van der Waals surface area (Å²) in [7, 11) is 0. The van der Waals surface area contributed by atoms with E-state index < -0.39 is 6.10 Å². The molecule has 1 aliphatic heterocycles. The quantitative estimate of drug-likeness (QED) is 0.900. The van der Waals surface area contributed by atoms with Gasteiger partial charge in [-0.2, -0.15) is 0 Å². The Morgan fingerprint density at radius 3 is 2.75 bits per heavy atom. The number of nitrogens with zero attached hydrogens (tertiary/aromatic N) is 1. The molecule has 1 N–H and O–H groups in total. The Bertz CT molecular complexity index is 378. The fraction of sp³-hybridized carbons (Fsp3) is 0.538. The second kappa shape index (κ2) is 4.76. The van der Waals surface area contributed by atoms with Gasteiger partial charge in [-0.25, -0.2) is 0 Å². The number of benzene rings is 1. The third-order valence-corrected chi connectivity index (χ3v) is 3.91. The van der Waals surface area contributed by atoms with Crippen molar-refractivity contribution in [2.75, 3.05) is 18.0 Å². The lowest BCUT2D eigenvalue weighted by Crippen LogP contribution is -2.19. The van der Waals surface area contributed by atoms with Crippen molar-refractivity contribution in [3.8, 4) is 0 Å². The predicted octanol–water partition coefficient (Wildman–Crippen LogP) is 3.35. The number of hydrogen-bond donors (Lipinski definition) is 1. The van der Waals surface area contributed by atoms with E-state index >= 15 is 0 Å². The van der Waals surface area contributed by atoms with Gasteiger partial charge in [0.25, 0.3) is 0 Å². The molecule has 1 saturated heterocycles. The zero-order chi connectivity index (χ0) is 11.7. The second-order valence-electron chi connectivity index (χ2n) is 4.72. The molecule has 0 spiro atoms. The van der Waals surface area contributed by atoms with Gasteiger partial charge >= 0.3 is 0 Å². The first-order chi connectivity index (χ1) is 7.58. The van der Waals surface area contributed by atoms with Crippen molar-refractivity contribution in [1.29, 1.82) is 0 Å². The SMILES string of the molecule is CC1CCN(c2ccc(C(C)O)c(Br)c2)C1. The Kier molecular flexibility index (Phi) is 3.55. The Labute approximate surface area is 105 Å². The first-order valence-corrected chi connectivity index (χ1v) is 6.59. The molecule has 1 aromatic carbocycles. The maximum atomic E-state index is 9.56. The van der Waals surface area contributed by atoms with Gasteiger partial charge in [-0.15, -0.1) is 0 Å². The van der Waals surface area contributed by atoms with Crippen LogP contribution in [-0.4, -0.2) is 18.2 Å². The summed E-state index contributed by atoms with van der Waals surface area (Å²) in [5.41, 5.74) is 2.21. The van der Waals surface area contributed by atoms with Crippen LogP contribution in [0.25, 0.3) is 0 Å². The maximum absolute atomic E-state index is 9.56. The summed E-state index contributed by atoms with van der Waals surface area (Å²) in [6.07, 6.45) is 0.858. The summed E-state index contributed by atoms with van der Waals surface area (Å²) in [5, 5.41) is 9.56. The molecule has 3 heteroatoms.